The van der Waals surface area contributed by atoms with Crippen molar-refractivity contribution in [3.8, 4) is 11.1 Å². The van der Waals surface area contributed by atoms with Crippen molar-refractivity contribution in [1.29, 1.82) is 0 Å². The van der Waals surface area contributed by atoms with Crippen molar-refractivity contribution in [2.24, 2.45) is 5.16 Å². The lowest BCUT2D eigenvalue weighted by atomic mass is 10.00. The maximum atomic E-state index is 12.1. The molecule has 0 saturated carbocycles. The first-order valence-corrected chi connectivity index (χ1v) is 10.5. The van der Waals surface area contributed by atoms with Crippen molar-refractivity contribution >= 4 is 11.6 Å². The van der Waals surface area contributed by atoms with Gasteiger partial charge < -0.3 is 14.9 Å². The highest BCUT2D eigenvalue weighted by molar-refractivity contribution is 6.01. The Bertz CT molecular complexity index is 827. The molecule has 1 saturated heterocycles. The monoisotopic (exact) mass is 392 g/mol. The molecule has 0 bridgehead atoms. The summed E-state index contributed by atoms with van der Waals surface area (Å²) in [6.07, 6.45) is 5.56. The van der Waals surface area contributed by atoms with Crippen LogP contribution in [-0.4, -0.2) is 37.0 Å². The van der Waals surface area contributed by atoms with Gasteiger partial charge in [0.2, 0.25) is 5.91 Å². The molecular weight excluding hydrogens is 364 g/mol. The molecule has 2 heterocycles. The molecule has 1 fully saturated rings. The Morgan fingerprint density at radius 2 is 1.72 bits per heavy atom. The van der Waals surface area contributed by atoms with E-state index in [2.05, 4.69) is 46.9 Å². The van der Waals surface area contributed by atoms with Crippen LogP contribution in [-0.2, 0) is 14.4 Å². The van der Waals surface area contributed by atoms with E-state index in [1.54, 1.807) is 0 Å². The normalized spacial score (nSPS) is 21.3. The van der Waals surface area contributed by atoms with Gasteiger partial charge >= 0.3 is 0 Å². The van der Waals surface area contributed by atoms with Gasteiger partial charge in [0.1, 0.15) is 6.10 Å². The summed E-state index contributed by atoms with van der Waals surface area (Å²) in [7, 11) is 0. The van der Waals surface area contributed by atoms with Gasteiger partial charge in [0.05, 0.1) is 18.4 Å². The minimum absolute atomic E-state index is 0.0587. The third-order valence-electron chi connectivity index (χ3n) is 5.55. The minimum Gasteiger partial charge on any atom is -0.390 e. The zero-order valence-electron chi connectivity index (χ0n) is 16.7. The maximum Gasteiger partial charge on any atom is 0.220 e. The van der Waals surface area contributed by atoms with Crippen molar-refractivity contribution < 1.29 is 14.4 Å². The summed E-state index contributed by atoms with van der Waals surface area (Å²) in [5.74, 6) is 0.0587. The lowest BCUT2D eigenvalue weighted by Gasteiger charge is -2.22. The quantitative estimate of drug-likeness (QED) is 0.764. The van der Waals surface area contributed by atoms with Gasteiger partial charge in [-0.25, -0.2) is 0 Å². The van der Waals surface area contributed by atoms with E-state index in [1.807, 2.05) is 18.2 Å². The molecule has 0 spiro atoms. The molecule has 5 heteroatoms. The summed E-state index contributed by atoms with van der Waals surface area (Å²) in [6, 6.07) is 18.7. The molecule has 0 aliphatic carbocycles. The number of ether oxygens (including phenoxy) is 1. The summed E-state index contributed by atoms with van der Waals surface area (Å²) in [5.41, 5.74) is 4.37. The first kappa shape index (κ1) is 19.6. The fourth-order valence-electron chi connectivity index (χ4n) is 3.84. The Kier molecular flexibility index (Phi) is 6.57. The minimum atomic E-state index is -0.103. The Morgan fingerprint density at radius 1 is 0.966 bits per heavy atom. The van der Waals surface area contributed by atoms with E-state index in [0.29, 0.717) is 19.4 Å². The number of benzene rings is 2. The fourth-order valence-corrected chi connectivity index (χ4v) is 3.84. The Hall–Kier alpha value is -2.66. The summed E-state index contributed by atoms with van der Waals surface area (Å²) < 4.78 is 5.68. The largest absolute Gasteiger partial charge is 0.390 e. The predicted octanol–water partition coefficient (Wildman–Crippen LogP) is 4.31. The molecule has 2 atom stereocenters. The number of carbonyl (C=O) groups excluding carboxylic acids is 1. The average Bonchev–Trinajstić information content (AvgIpc) is 3.27. The molecule has 2 aliphatic rings. The molecule has 152 valence electrons. The highest BCUT2D eigenvalue weighted by atomic mass is 16.6. The van der Waals surface area contributed by atoms with Crippen LogP contribution in [0.1, 0.15) is 44.1 Å². The predicted molar refractivity (Wildman–Crippen MR) is 114 cm³/mol. The van der Waals surface area contributed by atoms with Crippen molar-refractivity contribution in [2.45, 2.75) is 50.7 Å². The van der Waals surface area contributed by atoms with Gasteiger partial charge in [0.25, 0.3) is 0 Å². The molecule has 4 rings (SSSR count). The van der Waals surface area contributed by atoms with Gasteiger partial charge in [0.15, 0.2) is 0 Å². The summed E-state index contributed by atoms with van der Waals surface area (Å²) in [4.78, 5) is 17.6. The van der Waals surface area contributed by atoms with Crippen molar-refractivity contribution in [1.82, 2.24) is 5.32 Å². The van der Waals surface area contributed by atoms with Crippen LogP contribution in [0.4, 0.5) is 0 Å². The number of carbonyl (C=O) groups is 1. The van der Waals surface area contributed by atoms with Gasteiger partial charge in [-0.2, -0.15) is 0 Å². The zero-order chi connectivity index (χ0) is 19.9. The summed E-state index contributed by atoms with van der Waals surface area (Å²) in [6.45, 7) is 1.31. The van der Waals surface area contributed by atoms with Crippen LogP contribution < -0.4 is 5.32 Å². The van der Waals surface area contributed by atoms with Crippen LogP contribution >= 0.6 is 0 Å². The fraction of sp³-hybridized carbons (Fsp3) is 0.417. The number of amides is 1. The van der Waals surface area contributed by atoms with E-state index in [1.165, 1.54) is 17.5 Å². The second kappa shape index (κ2) is 9.70. The Morgan fingerprint density at radius 3 is 2.48 bits per heavy atom. The number of nitrogens with one attached hydrogen (secondary N) is 1. The molecule has 2 aromatic rings. The maximum absolute atomic E-state index is 12.1. The molecule has 29 heavy (non-hydrogen) atoms. The number of hydrogen-bond acceptors (Lipinski definition) is 4. The van der Waals surface area contributed by atoms with E-state index in [-0.39, 0.29) is 18.1 Å². The highest BCUT2D eigenvalue weighted by Crippen LogP contribution is 2.22. The summed E-state index contributed by atoms with van der Waals surface area (Å²) in [5, 5.41) is 7.21. The smallest absolute Gasteiger partial charge is 0.220 e. The van der Waals surface area contributed by atoms with Crippen LogP contribution in [0.5, 0.6) is 0 Å². The summed E-state index contributed by atoms with van der Waals surface area (Å²) >= 11 is 0. The van der Waals surface area contributed by atoms with Crippen LogP contribution in [0.15, 0.2) is 59.8 Å². The highest BCUT2D eigenvalue weighted by Gasteiger charge is 2.23. The van der Waals surface area contributed by atoms with Crippen molar-refractivity contribution in [3.63, 3.8) is 0 Å². The van der Waals surface area contributed by atoms with Crippen LogP contribution in [0.25, 0.3) is 11.1 Å². The Balaban J connectivity index is 1.21. The molecule has 0 radical (unpaired) electrons. The molecule has 0 aromatic heterocycles. The third kappa shape index (κ3) is 5.45. The molecular formula is C24H28N2O3. The SMILES string of the molecule is O=C(CC[C@@H]1CCCCO1)NC[C@@H]1CC(c2ccc(-c3ccccc3)cc2)=NO1. The zero-order valence-corrected chi connectivity index (χ0v) is 16.7. The van der Waals surface area contributed by atoms with E-state index in [9.17, 15) is 4.79 Å². The third-order valence-corrected chi connectivity index (χ3v) is 5.55. The first-order chi connectivity index (χ1) is 14.3. The molecule has 2 aromatic carbocycles. The standard InChI is InChI=1S/C24H28N2O3/c27-24(14-13-21-8-4-5-15-28-21)25-17-22-16-23(26-29-22)20-11-9-19(10-12-20)18-6-2-1-3-7-18/h1-3,6-7,9-12,21-22H,4-5,8,13-17H2,(H,25,27)/t21-,22-/m0/s1. The van der Waals surface area contributed by atoms with Crippen molar-refractivity contribution in [2.75, 3.05) is 13.2 Å². The van der Waals surface area contributed by atoms with Crippen LogP contribution in [0, 0.1) is 0 Å². The number of rotatable bonds is 7. The van der Waals surface area contributed by atoms with Gasteiger partial charge in [0, 0.05) is 19.4 Å². The molecule has 2 aliphatic heterocycles. The van der Waals surface area contributed by atoms with Crippen LogP contribution in [0.3, 0.4) is 0 Å². The van der Waals surface area contributed by atoms with E-state index in [4.69, 9.17) is 9.57 Å². The lowest BCUT2D eigenvalue weighted by Crippen LogP contribution is -2.33. The molecule has 1 N–H and O–H groups in total. The van der Waals surface area contributed by atoms with E-state index in [0.717, 1.165) is 37.1 Å². The van der Waals surface area contributed by atoms with Gasteiger partial charge in [-0.1, -0.05) is 59.8 Å². The van der Waals surface area contributed by atoms with Crippen molar-refractivity contribution in [3.05, 3.63) is 60.2 Å². The second-order valence-corrected chi connectivity index (χ2v) is 7.74. The van der Waals surface area contributed by atoms with Gasteiger partial charge in [-0.3, -0.25) is 4.79 Å². The second-order valence-electron chi connectivity index (χ2n) is 7.74. The Labute approximate surface area is 172 Å². The van der Waals surface area contributed by atoms with Gasteiger partial charge in [-0.05, 0) is 42.4 Å². The first-order valence-electron chi connectivity index (χ1n) is 10.5. The van der Waals surface area contributed by atoms with E-state index < -0.39 is 0 Å². The number of oxime groups is 1. The lowest BCUT2D eigenvalue weighted by molar-refractivity contribution is -0.122. The van der Waals surface area contributed by atoms with Gasteiger partial charge in [-0.15, -0.1) is 0 Å². The number of nitrogens with zero attached hydrogens (tertiary/aromatic N) is 1. The average molecular weight is 392 g/mol. The van der Waals surface area contributed by atoms with E-state index >= 15 is 0 Å². The molecule has 5 nitrogen and oxygen atoms in total. The number of hydrogen-bond donors (Lipinski definition) is 1. The van der Waals surface area contributed by atoms with Crippen LogP contribution in [0.2, 0.25) is 0 Å². The molecule has 0 unspecified atom stereocenters. The molecule has 1 amide bonds. The topological polar surface area (TPSA) is 59.9 Å².